The van der Waals surface area contributed by atoms with Crippen LogP contribution in [0.3, 0.4) is 0 Å². The number of rotatable bonds is 0. The van der Waals surface area contributed by atoms with Gasteiger partial charge in [-0.25, -0.2) is 0 Å². The highest BCUT2D eigenvalue weighted by atomic mass is 15.3. The van der Waals surface area contributed by atoms with Crippen LogP contribution < -0.4 is 0 Å². The van der Waals surface area contributed by atoms with Gasteiger partial charge in [0, 0.05) is 30.7 Å². The summed E-state index contributed by atoms with van der Waals surface area (Å²) in [7, 11) is 2.22. The van der Waals surface area contributed by atoms with Crippen LogP contribution in [0.15, 0.2) is 0 Å². The SMILES string of the molecule is C[C@@H]1CN(C(C)(C)C)[C@H](C)CN1C. The Morgan fingerprint density at radius 3 is 2.00 bits per heavy atom. The molecular formula is C11H24N2. The first-order valence-corrected chi connectivity index (χ1v) is 5.29. The van der Waals surface area contributed by atoms with Crippen molar-refractivity contribution in [3.63, 3.8) is 0 Å². The zero-order valence-corrected chi connectivity index (χ0v) is 9.96. The van der Waals surface area contributed by atoms with Crippen molar-refractivity contribution >= 4 is 0 Å². The molecule has 2 nitrogen and oxygen atoms in total. The molecule has 1 aliphatic rings. The van der Waals surface area contributed by atoms with Crippen molar-refractivity contribution in [2.45, 2.75) is 52.2 Å². The quantitative estimate of drug-likeness (QED) is 0.566. The Bertz CT molecular complexity index is 171. The Labute approximate surface area is 82.9 Å². The molecular weight excluding hydrogens is 160 g/mol. The van der Waals surface area contributed by atoms with Crippen molar-refractivity contribution in [1.82, 2.24) is 9.80 Å². The smallest absolute Gasteiger partial charge is 0.0200 e. The van der Waals surface area contributed by atoms with E-state index in [9.17, 15) is 0 Å². The third kappa shape index (κ3) is 2.44. The Hall–Kier alpha value is -0.0800. The molecule has 2 heteroatoms. The fraction of sp³-hybridized carbons (Fsp3) is 1.00. The van der Waals surface area contributed by atoms with Gasteiger partial charge in [0.25, 0.3) is 0 Å². The molecule has 0 radical (unpaired) electrons. The number of hydrogen-bond donors (Lipinski definition) is 0. The molecule has 0 aromatic heterocycles. The molecule has 13 heavy (non-hydrogen) atoms. The molecule has 0 amide bonds. The van der Waals surface area contributed by atoms with Crippen molar-refractivity contribution in [3.05, 3.63) is 0 Å². The predicted octanol–water partition coefficient (Wildman–Crippen LogP) is 1.81. The van der Waals surface area contributed by atoms with Gasteiger partial charge in [0.15, 0.2) is 0 Å². The molecule has 1 fully saturated rings. The van der Waals surface area contributed by atoms with Crippen LogP contribution in [0.25, 0.3) is 0 Å². The van der Waals surface area contributed by atoms with Crippen LogP contribution in [-0.2, 0) is 0 Å². The maximum atomic E-state index is 2.61. The monoisotopic (exact) mass is 184 g/mol. The molecule has 0 unspecified atom stereocenters. The lowest BCUT2D eigenvalue weighted by Crippen LogP contribution is -2.60. The summed E-state index contributed by atoms with van der Waals surface area (Å²) in [5.41, 5.74) is 0.314. The van der Waals surface area contributed by atoms with Crippen LogP contribution in [0.1, 0.15) is 34.6 Å². The van der Waals surface area contributed by atoms with E-state index in [1.165, 1.54) is 13.1 Å². The van der Waals surface area contributed by atoms with E-state index in [4.69, 9.17) is 0 Å². The average molecular weight is 184 g/mol. The molecule has 0 aromatic carbocycles. The van der Waals surface area contributed by atoms with Crippen LogP contribution in [-0.4, -0.2) is 47.6 Å². The highest BCUT2D eigenvalue weighted by molar-refractivity contribution is 4.89. The van der Waals surface area contributed by atoms with Gasteiger partial charge in [-0.2, -0.15) is 0 Å². The topological polar surface area (TPSA) is 6.48 Å². The number of hydrogen-bond acceptors (Lipinski definition) is 2. The minimum Gasteiger partial charge on any atom is -0.301 e. The second-order valence-electron chi connectivity index (χ2n) is 5.46. The van der Waals surface area contributed by atoms with Crippen LogP contribution in [0.4, 0.5) is 0 Å². The molecule has 1 heterocycles. The van der Waals surface area contributed by atoms with Gasteiger partial charge < -0.3 is 4.90 Å². The van der Waals surface area contributed by atoms with E-state index in [1.54, 1.807) is 0 Å². The van der Waals surface area contributed by atoms with E-state index in [2.05, 4.69) is 51.5 Å². The average Bonchev–Trinajstić information content (AvgIpc) is 1.94. The molecule has 0 spiro atoms. The summed E-state index contributed by atoms with van der Waals surface area (Å²) in [4.78, 5) is 5.06. The first-order valence-electron chi connectivity index (χ1n) is 5.29. The van der Waals surface area contributed by atoms with Gasteiger partial charge >= 0.3 is 0 Å². The maximum Gasteiger partial charge on any atom is 0.0200 e. The molecule has 1 saturated heterocycles. The van der Waals surface area contributed by atoms with Crippen molar-refractivity contribution < 1.29 is 0 Å². The lowest BCUT2D eigenvalue weighted by Gasteiger charge is -2.48. The van der Waals surface area contributed by atoms with Gasteiger partial charge in [0.2, 0.25) is 0 Å². The Morgan fingerprint density at radius 1 is 1.00 bits per heavy atom. The second-order valence-corrected chi connectivity index (χ2v) is 5.46. The zero-order valence-electron chi connectivity index (χ0n) is 9.96. The predicted molar refractivity (Wildman–Crippen MR) is 58.0 cm³/mol. The van der Waals surface area contributed by atoms with Crippen LogP contribution in [0, 0.1) is 0 Å². The minimum atomic E-state index is 0.314. The highest BCUT2D eigenvalue weighted by Gasteiger charge is 2.33. The second kappa shape index (κ2) is 3.58. The number of nitrogens with zero attached hydrogens (tertiary/aromatic N) is 2. The normalized spacial score (nSPS) is 33.7. The standard InChI is InChI=1S/C11H24N2/c1-9-8-13(11(3,4)5)10(2)7-12(9)6/h9-10H,7-8H2,1-6H3/t9-,10-/m1/s1. The first-order chi connectivity index (χ1) is 5.82. The third-order valence-corrected chi connectivity index (χ3v) is 3.16. The van der Waals surface area contributed by atoms with E-state index in [-0.39, 0.29) is 0 Å². The third-order valence-electron chi connectivity index (χ3n) is 3.16. The minimum absolute atomic E-state index is 0.314. The van der Waals surface area contributed by atoms with Crippen molar-refractivity contribution in [2.24, 2.45) is 0 Å². The summed E-state index contributed by atoms with van der Waals surface area (Å²) in [6.07, 6.45) is 0. The van der Waals surface area contributed by atoms with Crippen LogP contribution in [0.5, 0.6) is 0 Å². The summed E-state index contributed by atoms with van der Waals surface area (Å²) in [5, 5.41) is 0. The lowest BCUT2D eigenvalue weighted by molar-refractivity contribution is -0.000118. The molecule has 1 aliphatic heterocycles. The Balaban J connectivity index is 2.67. The van der Waals surface area contributed by atoms with E-state index < -0.39 is 0 Å². The van der Waals surface area contributed by atoms with E-state index in [0.29, 0.717) is 17.6 Å². The largest absolute Gasteiger partial charge is 0.301 e. The Kier molecular flexibility index (Phi) is 3.03. The molecule has 0 saturated carbocycles. The molecule has 78 valence electrons. The summed E-state index contributed by atoms with van der Waals surface area (Å²) < 4.78 is 0. The molecule has 0 aromatic rings. The first kappa shape index (κ1) is 11.0. The number of likely N-dealkylation sites (N-methyl/N-ethyl adjacent to an activating group) is 1. The van der Waals surface area contributed by atoms with Gasteiger partial charge in [-0.15, -0.1) is 0 Å². The summed E-state index contributed by atoms with van der Waals surface area (Å²) in [6.45, 7) is 13.9. The van der Waals surface area contributed by atoms with Gasteiger partial charge in [0.05, 0.1) is 0 Å². The van der Waals surface area contributed by atoms with Gasteiger partial charge in [0.1, 0.15) is 0 Å². The fourth-order valence-corrected chi connectivity index (χ4v) is 2.23. The van der Waals surface area contributed by atoms with Gasteiger partial charge in [-0.05, 0) is 41.7 Å². The van der Waals surface area contributed by atoms with E-state index >= 15 is 0 Å². The van der Waals surface area contributed by atoms with E-state index in [1.807, 2.05) is 0 Å². The van der Waals surface area contributed by atoms with Crippen LogP contribution in [0.2, 0.25) is 0 Å². The lowest BCUT2D eigenvalue weighted by atomic mass is 9.99. The van der Waals surface area contributed by atoms with E-state index in [0.717, 1.165) is 0 Å². The highest BCUT2D eigenvalue weighted by Crippen LogP contribution is 2.22. The molecule has 0 N–H and O–H groups in total. The van der Waals surface area contributed by atoms with Gasteiger partial charge in [-0.1, -0.05) is 0 Å². The molecule has 2 atom stereocenters. The number of piperazine rings is 1. The van der Waals surface area contributed by atoms with Crippen molar-refractivity contribution in [3.8, 4) is 0 Å². The van der Waals surface area contributed by atoms with Crippen LogP contribution >= 0.6 is 0 Å². The zero-order chi connectivity index (χ0) is 10.2. The summed E-state index contributed by atoms with van der Waals surface area (Å²) in [5.74, 6) is 0. The summed E-state index contributed by atoms with van der Waals surface area (Å²) >= 11 is 0. The Morgan fingerprint density at radius 2 is 1.54 bits per heavy atom. The van der Waals surface area contributed by atoms with Gasteiger partial charge in [-0.3, -0.25) is 4.90 Å². The summed E-state index contributed by atoms with van der Waals surface area (Å²) in [6, 6.07) is 1.37. The molecule has 0 aliphatic carbocycles. The van der Waals surface area contributed by atoms with Crippen molar-refractivity contribution in [2.75, 3.05) is 20.1 Å². The fourth-order valence-electron chi connectivity index (χ4n) is 2.23. The molecule has 1 rings (SSSR count). The maximum absolute atomic E-state index is 2.61. The van der Waals surface area contributed by atoms with Crippen molar-refractivity contribution in [1.29, 1.82) is 0 Å². The molecule has 0 bridgehead atoms.